The molecule has 0 spiro atoms. The van der Waals surface area contributed by atoms with Crippen LogP contribution in [0.15, 0.2) is 0 Å². The van der Waals surface area contributed by atoms with Crippen molar-refractivity contribution >= 4 is 11.6 Å². The second-order valence-corrected chi connectivity index (χ2v) is 4.45. The Morgan fingerprint density at radius 1 is 0.938 bits per heavy atom. The highest BCUT2D eigenvalue weighted by molar-refractivity contribution is 6.15. The van der Waals surface area contributed by atoms with Gasteiger partial charge in [0.15, 0.2) is 17.2 Å². The first-order valence-electron chi connectivity index (χ1n) is 6.01. The van der Waals surface area contributed by atoms with Crippen molar-refractivity contribution in [2.75, 3.05) is 6.61 Å². The van der Waals surface area contributed by atoms with Crippen LogP contribution in [-0.2, 0) is 9.59 Å². The lowest BCUT2D eigenvalue weighted by Gasteiger charge is -2.18. The molecule has 1 rings (SSSR count). The molecule has 92 valence electrons. The molecule has 0 aromatic rings. The van der Waals surface area contributed by atoms with E-state index in [1.165, 1.54) is 0 Å². The molecule has 0 bridgehead atoms. The molecule has 1 aliphatic rings. The summed E-state index contributed by atoms with van der Waals surface area (Å²) in [6.07, 6.45) is 4.96. The van der Waals surface area contributed by atoms with Gasteiger partial charge in [0.1, 0.15) is 0 Å². The highest BCUT2D eigenvalue weighted by Gasteiger charge is 2.46. The number of rotatable bonds is 7. The van der Waals surface area contributed by atoms with Gasteiger partial charge < -0.3 is 10.2 Å². The maximum atomic E-state index is 11.4. The van der Waals surface area contributed by atoms with E-state index in [2.05, 4.69) is 0 Å². The van der Waals surface area contributed by atoms with Gasteiger partial charge in [0.25, 0.3) is 0 Å². The summed E-state index contributed by atoms with van der Waals surface area (Å²) in [5.74, 6) is -0.624. The Bertz CT molecular complexity index is 244. The van der Waals surface area contributed by atoms with Crippen LogP contribution in [0, 0.1) is 0 Å². The van der Waals surface area contributed by atoms with Crippen molar-refractivity contribution in [3.05, 3.63) is 0 Å². The molecule has 0 atom stereocenters. The third-order valence-corrected chi connectivity index (χ3v) is 3.20. The molecule has 1 fully saturated rings. The quantitative estimate of drug-likeness (QED) is 0.503. The van der Waals surface area contributed by atoms with Gasteiger partial charge in [-0.3, -0.25) is 9.59 Å². The van der Waals surface area contributed by atoms with Crippen molar-refractivity contribution in [2.45, 2.75) is 57.0 Å². The van der Waals surface area contributed by atoms with E-state index in [1.54, 1.807) is 0 Å². The number of ketones is 2. The molecule has 16 heavy (non-hydrogen) atoms. The van der Waals surface area contributed by atoms with E-state index in [1.807, 2.05) is 0 Å². The molecule has 4 nitrogen and oxygen atoms in total. The van der Waals surface area contributed by atoms with Crippen molar-refractivity contribution < 1.29 is 19.8 Å². The van der Waals surface area contributed by atoms with Crippen molar-refractivity contribution in [2.24, 2.45) is 0 Å². The first-order chi connectivity index (χ1) is 7.61. The number of hydrogen-bond donors (Lipinski definition) is 2. The van der Waals surface area contributed by atoms with Gasteiger partial charge in [-0.1, -0.05) is 19.3 Å². The number of carbonyl (C=O) groups is 2. The predicted octanol–water partition coefficient (Wildman–Crippen LogP) is 0.982. The monoisotopic (exact) mass is 228 g/mol. The number of unbranched alkanes of at least 4 members (excludes halogenated alkanes) is 4. The summed E-state index contributed by atoms with van der Waals surface area (Å²) >= 11 is 0. The Balaban J connectivity index is 2.21. The topological polar surface area (TPSA) is 74.6 Å². The van der Waals surface area contributed by atoms with E-state index >= 15 is 0 Å². The number of aliphatic hydroxyl groups excluding tert-OH is 1. The average Bonchev–Trinajstić information content (AvgIpc) is 2.52. The third kappa shape index (κ3) is 3.12. The Morgan fingerprint density at radius 3 is 2.00 bits per heavy atom. The predicted molar refractivity (Wildman–Crippen MR) is 59.0 cm³/mol. The molecule has 2 N–H and O–H groups in total. The van der Waals surface area contributed by atoms with E-state index in [0.717, 1.165) is 25.7 Å². The van der Waals surface area contributed by atoms with Crippen molar-refractivity contribution in [3.63, 3.8) is 0 Å². The first-order valence-corrected chi connectivity index (χ1v) is 6.01. The Kier molecular flexibility index (Phi) is 5.09. The number of carbonyl (C=O) groups excluding carboxylic acids is 2. The summed E-state index contributed by atoms with van der Waals surface area (Å²) in [6.45, 7) is 0.209. The molecule has 0 aliphatic heterocycles. The minimum atomic E-state index is -1.67. The fraction of sp³-hybridized carbons (Fsp3) is 0.833. The van der Waals surface area contributed by atoms with Crippen LogP contribution in [0.2, 0.25) is 0 Å². The SMILES string of the molecule is O=C1CCC(=O)C1(O)CCCCCCCO. The summed E-state index contributed by atoms with van der Waals surface area (Å²) in [5.41, 5.74) is -1.67. The molecule has 0 unspecified atom stereocenters. The summed E-state index contributed by atoms with van der Waals surface area (Å²) in [7, 11) is 0. The smallest absolute Gasteiger partial charge is 0.181 e. The third-order valence-electron chi connectivity index (χ3n) is 3.20. The largest absolute Gasteiger partial charge is 0.396 e. The number of Topliss-reactive ketones (excluding diaryl/α,β-unsaturated/α-hetero) is 2. The van der Waals surface area contributed by atoms with Crippen LogP contribution >= 0.6 is 0 Å². The second-order valence-electron chi connectivity index (χ2n) is 4.45. The average molecular weight is 228 g/mol. The summed E-state index contributed by atoms with van der Waals surface area (Å²) < 4.78 is 0. The van der Waals surface area contributed by atoms with Gasteiger partial charge in [0.2, 0.25) is 0 Å². The van der Waals surface area contributed by atoms with Gasteiger partial charge in [0.05, 0.1) is 0 Å². The molecule has 0 heterocycles. The fourth-order valence-corrected chi connectivity index (χ4v) is 2.10. The van der Waals surface area contributed by atoms with Crippen LogP contribution in [0.4, 0.5) is 0 Å². The molecule has 0 saturated heterocycles. The van der Waals surface area contributed by atoms with Crippen LogP contribution in [0.1, 0.15) is 51.4 Å². The molecular formula is C12H20O4. The summed E-state index contributed by atoms with van der Waals surface area (Å²) in [6, 6.07) is 0. The first kappa shape index (κ1) is 13.3. The molecule has 0 radical (unpaired) electrons. The zero-order chi connectivity index (χ0) is 12.0. The van der Waals surface area contributed by atoms with Gasteiger partial charge in [-0.25, -0.2) is 0 Å². The molecular weight excluding hydrogens is 208 g/mol. The second kappa shape index (κ2) is 6.11. The molecule has 0 aromatic carbocycles. The van der Waals surface area contributed by atoms with E-state index in [4.69, 9.17) is 5.11 Å². The van der Waals surface area contributed by atoms with Crippen LogP contribution in [0.25, 0.3) is 0 Å². The Labute approximate surface area is 95.7 Å². The highest BCUT2D eigenvalue weighted by Crippen LogP contribution is 2.28. The fourth-order valence-electron chi connectivity index (χ4n) is 2.10. The van der Waals surface area contributed by atoms with Gasteiger partial charge in [0, 0.05) is 19.4 Å². The molecule has 4 heteroatoms. The lowest BCUT2D eigenvalue weighted by atomic mass is 9.92. The molecule has 0 amide bonds. The van der Waals surface area contributed by atoms with Crippen LogP contribution < -0.4 is 0 Å². The number of hydrogen-bond acceptors (Lipinski definition) is 4. The van der Waals surface area contributed by atoms with Gasteiger partial charge in [-0.15, -0.1) is 0 Å². The number of aliphatic hydroxyl groups is 2. The Morgan fingerprint density at radius 2 is 1.44 bits per heavy atom. The van der Waals surface area contributed by atoms with Crippen molar-refractivity contribution in [3.8, 4) is 0 Å². The molecule has 1 aliphatic carbocycles. The lowest BCUT2D eigenvalue weighted by molar-refractivity contribution is -0.145. The standard InChI is InChI=1S/C12H20O4/c13-9-5-3-1-2-4-8-12(16)10(14)6-7-11(12)15/h13,16H,1-9H2. The van der Waals surface area contributed by atoms with Gasteiger partial charge in [-0.05, 0) is 19.3 Å². The van der Waals surface area contributed by atoms with Crippen LogP contribution in [-0.4, -0.2) is 34.0 Å². The van der Waals surface area contributed by atoms with E-state index in [9.17, 15) is 14.7 Å². The molecule has 1 saturated carbocycles. The van der Waals surface area contributed by atoms with Crippen LogP contribution in [0.3, 0.4) is 0 Å². The van der Waals surface area contributed by atoms with Crippen molar-refractivity contribution in [1.29, 1.82) is 0 Å². The van der Waals surface area contributed by atoms with Crippen LogP contribution in [0.5, 0.6) is 0 Å². The zero-order valence-electron chi connectivity index (χ0n) is 9.57. The maximum absolute atomic E-state index is 11.4. The van der Waals surface area contributed by atoms with Gasteiger partial charge in [-0.2, -0.15) is 0 Å². The molecule has 0 aromatic heterocycles. The zero-order valence-corrected chi connectivity index (χ0v) is 9.57. The minimum Gasteiger partial charge on any atom is -0.396 e. The minimum absolute atomic E-state index is 0.194. The van der Waals surface area contributed by atoms with E-state index in [-0.39, 0.29) is 37.4 Å². The van der Waals surface area contributed by atoms with Crippen molar-refractivity contribution in [1.82, 2.24) is 0 Å². The lowest BCUT2D eigenvalue weighted by Crippen LogP contribution is -2.40. The summed E-state index contributed by atoms with van der Waals surface area (Å²) in [4.78, 5) is 22.7. The van der Waals surface area contributed by atoms with Gasteiger partial charge >= 0.3 is 0 Å². The maximum Gasteiger partial charge on any atom is 0.181 e. The van der Waals surface area contributed by atoms with E-state index in [0.29, 0.717) is 6.42 Å². The Hall–Kier alpha value is -0.740. The van der Waals surface area contributed by atoms with E-state index < -0.39 is 5.60 Å². The normalized spacial score (nSPS) is 19.4. The highest BCUT2D eigenvalue weighted by atomic mass is 16.3. The summed E-state index contributed by atoms with van der Waals surface area (Å²) in [5, 5.41) is 18.5.